The molecule has 4 heteroatoms. The monoisotopic (exact) mass is 232 g/mol. The molecule has 4 nitrogen and oxygen atoms in total. The molecule has 0 spiro atoms. The molecule has 0 radical (unpaired) electrons. The molecule has 1 saturated heterocycles. The molecule has 0 aromatic carbocycles. The molecule has 1 fully saturated rings. The number of hydrogen-bond donors (Lipinski definition) is 0. The van der Waals surface area contributed by atoms with E-state index in [1.165, 1.54) is 12.7 Å². The zero-order chi connectivity index (χ0) is 11.9. The Hall–Kier alpha value is -1.42. The highest BCUT2D eigenvalue weighted by atomic mass is 16.5. The first-order valence-electron chi connectivity index (χ1n) is 6.01. The Balaban J connectivity index is 2.15. The summed E-state index contributed by atoms with van der Waals surface area (Å²) in [6.07, 6.45) is 3.65. The third-order valence-electron chi connectivity index (χ3n) is 3.89. The molecule has 2 bridgehead atoms. The van der Waals surface area contributed by atoms with Gasteiger partial charge in [0.05, 0.1) is 12.8 Å². The Morgan fingerprint density at radius 1 is 1.59 bits per heavy atom. The highest BCUT2D eigenvalue weighted by Gasteiger charge is 2.49. The van der Waals surface area contributed by atoms with Gasteiger partial charge in [-0.1, -0.05) is 6.07 Å². The average molecular weight is 232 g/mol. The molecule has 0 saturated carbocycles. The van der Waals surface area contributed by atoms with E-state index in [1.807, 2.05) is 6.07 Å². The number of carbonyl (C=O) groups is 1. The van der Waals surface area contributed by atoms with E-state index in [-0.39, 0.29) is 5.97 Å². The van der Waals surface area contributed by atoms with Crippen LogP contribution in [0.4, 0.5) is 0 Å². The highest BCUT2D eigenvalue weighted by molar-refractivity contribution is 5.84. The van der Waals surface area contributed by atoms with Crippen LogP contribution in [0.5, 0.6) is 0 Å². The number of fused-ring (bicyclic) bond motifs is 4. The third-order valence-corrected chi connectivity index (χ3v) is 3.89. The van der Waals surface area contributed by atoms with Gasteiger partial charge in [0.25, 0.3) is 0 Å². The summed E-state index contributed by atoms with van der Waals surface area (Å²) in [5.74, 6) is -0.137. The molecule has 2 atom stereocenters. The fraction of sp³-hybridized carbons (Fsp3) is 0.538. The molecule has 3 rings (SSSR count). The number of rotatable bonds is 1. The largest absolute Gasteiger partial charge is 0.468 e. The summed E-state index contributed by atoms with van der Waals surface area (Å²) in [7, 11) is 1.47. The van der Waals surface area contributed by atoms with E-state index in [9.17, 15) is 4.79 Å². The van der Waals surface area contributed by atoms with Crippen LogP contribution in [0.1, 0.15) is 24.1 Å². The molecule has 0 N–H and O–H groups in total. The van der Waals surface area contributed by atoms with Gasteiger partial charge in [-0.25, -0.2) is 0 Å². The average Bonchev–Trinajstić information content (AvgIpc) is 2.38. The standard InChI is InChI=1S/C13H16N2O2/c1-17-12(16)13-5-3-7-15(9-13)8-10-4-2-6-14-11(10)13/h2,4,6H,3,5,7-9H2,1H3. The summed E-state index contributed by atoms with van der Waals surface area (Å²) in [5, 5.41) is 0. The lowest BCUT2D eigenvalue weighted by molar-refractivity contribution is -0.151. The summed E-state index contributed by atoms with van der Waals surface area (Å²) in [5.41, 5.74) is 1.58. The van der Waals surface area contributed by atoms with E-state index in [1.54, 1.807) is 6.20 Å². The number of ether oxygens (including phenoxy) is 1. The molecule has 17 heavy (non-hydrogen) atoms. The maximum atomic E-state index is 12.2. The predicted molar refractivity (Wildman–Crippen MR) is 62.4 cm³/mol. The predicted octanol–water partition coefficient (Wildman–Crippen LogP) is 1.10. The van der Waals surface area contributed by atoms with Gasteiger partial charge in [-0.2, -0.15) is 0 Å². The normalized spacial score (nSPS) is 30.5. The number of methoxy groups -OCH3 is 1. The summed E-state index contributed by atoms with van der Waals surface area (Å²) in [6, 6.07) is 4.00. The molecule has 1 aromatic rings. The second-order valence-corrected chi connectivity index (χ2v) is 4.90. The van der Waals surface area contributed by atoms with Gasteiger partial charge in [-0.3, -0.25) is 14.7 Å². The third kappa shape index (κ3) is 1.47. The van der Waals surface area contributed by atoms with Crippen molar-refractivity contribution in [3.8, 4) is 0 Å². The lowest BCUT2D eigenvalue weighted by atomic mass is 9.72. The van der Waals surface area contributed by atoms with Crippen molar-refractivity contribution in [3.63, 3.8) is 0 Å². The molecule has 2 aliphatic heterocycles. The molecule has 2 unspecified atom stereocenters. The second-order valence-electron chi connectivity index (χ2n) is 4.90. The number of nitrogens with zero attached hydrogens (tertiary/aromatic N) is 2. The van der Waals surface area contributed by atoms with Crippen LogP contribution in [0, 0.1) is 0 Å². The van der Waals surface area contributed by atoms with Crippen LogP contribution >= 0.6 is 0 Å². The fourth-order valence-corrected chi connectivity index (χ4v) is 3.17. The minimum atomic E-state index is -0.526. The molecule has 2 aliphatic rings. The van der Waals surface area contributed by atoms with Crippen molar-refractivity contribution in [2.45, 2.75) is 24.8 Å². The van der Waals surface area contributed by atoms with E-state index in [2.05, 4.69) is 16.0 Å². The Bertz CT molecular complexity index is 460. The Kier molecular flexibility index (Phi) is 2.40. The van der Waals surface area contributed by atoms with Crippen molar-refractivity contribution in [2.75, 3.05) is 20.2 Å². The topological polar surface area (TPSA) is 42.4 Å². The minimum absolute atomic E-state index is 0.137. The van der Waals surface area contributed by atoms with Gasteiger partial charge < -0.3 is 4.74 Å². The number of hydrogen-bond acceptors (Lipinski definition) is 4. The Morgan fingerprint density at radius 2 is 2.47 bits per heavy atom. The number of aromatic nitrogens is 1. The van der Waals surface area contributed by atoms with Crippen LogP contribution in [-0.2, 0) is 21.5 Å². The molecule has 0 amide bonds. The van der Waals surface area contributed by atoms with Crippen molar-refractivity contribution < 1.29 is 9.53 Å². The van der Waals surface area contributed by atoms with Gasteiger partial charge in [0.1, 0.15) is 5.41 Å². The number of pyridine rings is 1. The van der Waals surface area contributed by atoms with E-state index in [0.29, 0.717) is 0 Å². The van der Waals surface area contributed by atoms with Crippen molar-refractivity contribution in [3.05, 3.63) is 29.6 Å². The first-order valence-corrected chi connectivity index (χ1v) is 6.01. The second kappa shape index (κ2) is 3.81. The Labute approximate surface area is 101 Å². The first-order chi connectivity index (χ1) is 8.26. The van der Waals surface area contributed by atoms with Gasteiger partial charge in [0.15, 0.2) is 0 Å². The maximum absolute atomic E-state index is 12.2. The summed E-state index contributed by atoms with van der Waals surface area (Å²) >= 11 is 0. The minimum Gasteiger partial charge on any atom is -0.468 e. The molecule has 1 aromatic heterocycles. The lowest BCUT2D eigenvalue weighted by Gasteiger charge is -2.45. The van der Waals surface area contributed by atoms with E-state index < -0.39 is 5.41 Å². The molecule has 3 heterocycles. The van der Waals surface area contributed by atoms with Crippen molar-refractivity contribution in [1.82, 2.24) is 9.88 Å². The number of carbonyl (C=O) groups excluding carboxylic acids is 1. The zero-order valence-electron chi connectivity index (χ0n) is 9.98. The smallest absolute Gasteiger partial charge is 0.319 e. The van der Waals surface area contributed by atoms with Gasteiger partial charge in [0, 0.05) is 19.3 Å². The Morgan fingerprint density at radius 3 is 3.29 bits per heavy atom. The quantitative estimate of drug-likeness (QED) is 0.680. The van der Waals surface area contributed by atoms with Gasteiger partial charge in [-0.15, -0.1) is 0 Å². The lowest BCUT2D eigenvalue weighted by Crippen LogP contribution is -2.55. The molecule has 0 aliphatic carbocycles. The van der Waals surface area contributed by atoms with Crippen LogP contribution in [0.2, 0.25) is 0 Å². The van der Waals surface area contributed by atoms with Crippen LogP contribution in [0.3, 0.4) is 0 Å². The molecule has 90 valence electrons. The van der Waals surface area contributed by atoms with Gasteiger partial charge >= 0.3 is 5.97 Å². The number of piperidine rings is 1. The fourth-order valence-electron chi connectivity index (χ4n) is 3.17. The van der Waals surface area contributed by atoms with Crippen molar-refractivity contribution in [2.24, 2.45) is 0 Å². The molecular formula is C13H16N2O2. The summed E-state index contributed by atoms with van der Waals surface area (Å²) < 4.78 is 5.02. The van der Waals surface area contributed by atoms with Crippen LogP contribution < -0.4 is 0 Å². The van der Waals surface area contributed by atoms with E-state index in [4.69, 9.17) is 4.74 Å². The summed E-state index contributed by atoms with van der Waals surface area (Å²) in [4.78, 5) is 19.0. The highest BCUT2D eigenvalue weighted by Crippen LogP contribution is 2.40. The SMILES string of the molecule is COC(=O)C12CCCN(Cc3cccnc31)C2. The van der Waals surface area contributed by atoms with Crippen molar-refractivity contribution >= 4 is 5.97 Å². The van der Waals surface area contributed by atoms with Crippen LogP contribution in [-0.4, -0.2) is 36.1 Å². The zero-order valence-corrected chi connectivity index (χ0v) is 9.98. The molecular weight excluding hydrogens is 216 g/mol. The van der Waals surface area contributed by atoms with E-state index in [0.717, 1.165) is 38.2 Å². The number of esters is 1. The van der Waals surface area contributed by atoms with E-state index >= 15 is 0 Å². The first kappa shape index (κ1) is 10.7. The van der Waals surface area contributed by atoms with Gasteiger partial charge in [-0.05, 0) is 31.0 Å². The summed E-state index contributed by atoms with van der Waals surface area (Å²) in [6.45, 7) is 2.72. The van der Waals surface area contributed by atoms with Gasteiger partial charge in [0.2, 0.25) is 0 Å². The van der Waals surface area contributed by atoms with Crippen LogP contribution in [0.25, 0.3) is 0 Å². The van der Waals surface area contributed by atoms with Crippen LogP contribution in [0.15, 0.2) is 18.3 Å². The van der Waals surface area contributed by atoms with Crippen molar-refractivity contribution in [1.29, 1.82) is 0 Å². The maximum Gasteiger partial charge on any atom is 0.319 e.